The summed E-state index contributed by atoms with van der Waals surface area (Å²) >= 11 is 3.09. The highest BCUT2D eigenvalue weighted by Gasteiger charge is 2.28. The Balaban J connectivity index is 1.60. The van der Waals surface area contributed by atoms with E-state index in [2.05, 4.69) is 17.2 Å². The first kappa shape index (κ1) is 20.6. The summed E-state index contributed by atoms with van der Waals surface area (Å²) in [6.07, 6.45) is 0.872. The summed E-state index contributed by atoms with van der Waals surface area (Å²) in [5.41, 5.74) is 2.46. The van der Waals surface area contributed by atoms with Crippen molar-refractivity contribution in [3.05, 3.63) is 86.8 Å². The van der Waals surface area contributed by atoms with Gasteiger partial charge in [0, 0.05) is 12.2 Å². The summed E-state index contributed by atoms with van der Waals surface area (Å²) in [6.45, 7) is 1.90. The molecule has 33 heavy (non-hydrogen) atoms. The molecule has 1 aliphatic rings. The molecule has 4 heterocycles. The number of aromatic nitrogens is 4. The SMILES string of the molecule is C[NH+]1CCc2c(sc3c2c(=O)n(-c2ccccc2)c2nnc(SCc4ccccc4F)n32)C1. The van der Waals surface area contributed by atoms with Crippen LogP contribution in [-0.4, -0.2) is 32.8 Å². The molecule has 0 saturated heterocycles. The number of hydrogen-bond donors (Lipinski definition) is 1. The minimum absolute atomic E-state index is 0.0567. The van der Waals surface area contributed by atoms with Crippen LogP contribution in [0, 0.1) is 5.82 Å². The average molecular weight is 479 g/mol. The quantitative estimate of drug-likeness (QED) is 0.404. The second kappa shape index (κ2) is 8.09. The number of nitrogens with zero attached hydrogens (tertiary/aromatic N) is 4. The van der Waals surface area contributed by atoms with Gasteiger partial charge in [0.1, 0.15) is 17.2 Å². The van der Waals surface area contributed by atoms with Crippen LogP contribution in [0.5, 0.6) is 0 Å². The van der Waals surface area contributed by atoms with Gasteiger partial charge in [-0.1, -0.05) is 48.2 Å². The third-order valence-corrected chi connectivity index (χ3v) is 8.30. The number of thioether (sulfide) groups is 1. The van der Waals surface area contributed by atoms with Gasteiger partial charge in [-0.25, -0.2) is 13.4 Å². The van der Waals surface area contributed by atoms with Gasteiger partial charge in [0.2, 0.25) is 5.78 Å². The molecule has 2 aromatic carbocycles. The second-order valence-electron chi connectivity index (χ2n) is 8.29. The summed E-state index contributed by atoms with van der Waals surface area (Å²) in [5.74, 6) is 0.675. The van der Waals surface area contributed by atoms with Crippen molar-refractivity contribution < 1.29 is 9.29 Å². The molecule has 0 bridgehead atoms. The molecule has 3 aromatic heterocycles. The Bertz CT molecular complexity index is 1560. The fourth-order valence-corrected chi connectivity index (χ4v) is 6.86. The van der Waals surface area contributed by atoms with Crippen LogP contribution in [0.15, 0.2) is 64.5 Å². The number of benzene rings is 2. The molecule has 1 unspecified atom stereocenters. The molecule has 1 atom stereocenters. The molecule has 0 fully saturated rings. The zero-order valence-electron chi connectivity index (χ0n) is 17.9. The van der Waals surface area contributed by atoms with E-state index in [0.717, 1.165) is 41.0 Å². The Morgan fingerprint density at radius 1 is 1.12 bits per heavy atom. The van der Waals surface area contributed by atoms with Gasteiger partial charge in [0.05, 0.1) is 29.5 Å². The van der Waals surface area contributed by atoms with Gasteiger partial charge < -0.3 is 4.90 Å². The molecule has 0 saturated carbocycles. The number of nitrogens with one attached hydrogen (secondary N) is 1. The number of thiophene rings is 1. The topological polar surface area (TPSA) is 56.6 Å². The Morgan fingerprint density at radius 2 is 1.91 bits per heavy atom. The minimum Gasteiger partial charge on any atom is -0.333 e. The Kier molecular flexibility index (Phi) is 5.05. The van der Waals surface area contributed by atoms with Gasteiger partial charge in [-0.2, -0.15) is 0 Å². The van der Waals surface area contributed by atoms with Crippen LogP contribution >= 0.6 is 23.1 Å². The van der Waals surface area contributed by atoms with Crippen molar-refractivity contribution in [3.63, 3.8) is 0 Å². The lowest BCUT2D eigenvalue weighted by Gasteiger charge is -2.19. The molecule has 0 aliphatic carbocycles. The Morgan fingerprint density at radius 3 is 2.73 bits per heavy atom. The van der Waals surface area contributed by atoms with Crippen LogP contribution in [0.3, 0.4) is 0 Å². The predicted molar refractivity (Wildman–Crippen MR) is 129 cm³/mol. The number of halogens is 1. The maximum Gasteiger partial charge on any atom is 0.268 e. The van der Waals surface area contributed by atoms with Gasteiger partial charge in [-0.15, -0.1) is 21.5 Å². The number of quaternary nitrogens is 1. The molecule has 5 aromatic rings. The van der Waals surface area contributed by atoms with E-state index in [4.69, 9.17) is 0 Å². The second-order valence-corrected chi connectivity index (χ2v) is 10.3. The monoisotopic (exact) mass is 478 g/mol. The normalized spacial score (nSPS) is 15.9. The number of hydrogen-bond acceptors (Lipinski definition) is 5. The third-order valence-electron chi connectivity index (χ3n) is 6.10. The standard InChI is InChI=1S/C24H20FN5OS2/c1-28-12-11-17-19(13-28)33-22-20(17)21(31)29(16-8-3-2-4-9-16)23-26-27-24(30(22)23)32-14-15-7-5-6-10-18(15)25/h2-10H,11-14H2,1H3/p+1. The Labute approximate surface area is 197 Å². The summed E-state index contributed by atoms with van der Waals surface area (Å²) in [5, 5.41) is 10.3. The molecule has 6 nitrogen and oxygen atoms in total. The zero-order chi connectivity index (χ0) is 22.5. The summed E-state index contributed by atoms with van der Waals surface area (Å²) < 4.78 is 17.8. The van der Waals surface area contributed by atoms with Crippen LogP contribution < -0.4 is 10.5 Å². The van der Waals surface area contributed by atoms with E-state index < -0.39 is 0 Å². The van der Waals surface area contributed by atoms with E-state index in [-0.39, 0.29) is 11.4 Å². The number of fused-ring (bicyclic) bond motifs is 5. The van der Waals surface area contributed by atoms with E-state index in [0.29, 0.717) is 22.3 Å². The smallest absolute Gasteiger partial charge is 0.268 e. The van der Waals surface area contributed by atoms with E-state index in [9.17, 15) is 9.18 Å². The largest absolute Gasteiger partial charge is 0.333 e. The molecule has 6 rings (SSSR count). The molecular weight excluding hydrogens is 457 g/mol. The van der Waals surface area contributed by atoms with E-state index in [1.165, 1.54) is 27.6 Å². The number of para-hydroxylation sites is 1. The van der Waals surface area contributed by atoms with Gasteiger partial charge in [-0.3, -0.25) is 4.79 Å². The van der Waals surface area contributed by atoms with Gasteiger partial charge in [0.25, 0.3) is 5.56 Å². The van der Waals surface area contributed by atoms with Crippen molar-refractivity contribution in [2.75, 3.05) is 13.6 Å². The van der Waals surface area contributed by atoms with Crippen LogP contribution in [0.2, 0.25) is 0 Å². The van der Waals surface area contributed by atoms with Crippen LogP contribution in [0.4, 0.5) is 4.39 Å². The van der Waals surface area contributed by atoms with Crippen molar-refractivity contribution in [2.45, 2.75) is 23.9 Å². The highest BCUT2D eigenvalue weighted by atomic mass is 32.2. The molecule has 0 spiro atoms. The predicted octanol–water partition coefficient (Wildman–Crippen LogP) is 3.10. The van der Waals surface area contributed by atoms with Crippen LogP contribution in [0.1, 0.15) is 16.0 Å². The van der Waals surface area contributed by atoms with E-state index in [1.54, 1.807) is 28.0 Å². The molecule has 0 radical (unpaired) electrons. The molecule has 9 heteroatoms. The van der Waals surface area contributed by atoms with Crippen molar-refractivity contribution in [1.82, 2.24) is 19.2 Å². The third kappa shape index (κ3) is 3.38. The van der Waals surface area contributed by atoms with Crippen molar-refractivity contribution in [2.24, 2.45) is 0 Å². The average Bonchev–Trinajstić information content (AvgIpc) is 3.40. The van der Waals surface area contributed by atoms with E-state index in [1.807, 2.05) is 40.8 Å². The van der Waals surface area contributed by atoms with Gasteiger partial charge >= 0.3 is 0 Å². The lowest BCUT2D eigenvalue weighted by atomic mass is 10.1. The maximum atomic E-state index is 14.2. The molecule has 1 aliphatic heterocycles. The van der Waals surface area contributed by atoms with Crippen molar-refractivity contribution in [3.8, 4) is 5.69 Å². The summed E-state index contributed by atoms with van der Waals surface area (Å²) in [6, 6.07) is 16.3. The first-order chi connectivity index (χ1) is 16.1. The minimum atomic E-state index is -0.234. The van der Waals surface area contributed by atoms with Crippen LogP contribution in [-0.2, 0) is 18.7 Å². The fraction of sp³-hybridized carbons (Fsp3) is 0.208. The molecule has 166 valence electrons. The van der Waals surface area contributed by atoms with Gasteiger partial charge in [0.15, 0.2) is 5.16 Å². The van der Waals surface area contributed by atoms with Crippen molar-refractivity contribution in [1.29, 1.82) is 0 Å². The van der Waals surface area contributed by atoms with Crippen molar-refractivity contribution >= 4 is 39.1 Å². The first-order valence-electron chi connectivity index (χ1n) is 10.8. The first-order valence-corrected chi connectivity index (χ1v) is 12.6. The maximum absolute atomic E-state index is 14.2. The highest BCUT2D eigenvalue weighted by molar-refractivity contribution is 7.98. The lowest BCUT2D eigenvalue weighted by molar-refractivity contribution is -0.895. The van der Waals surface area contributed by atoms with Gasteiger partial charge in [-0.05, 0) is 29.3 Å². The zero-order valence-corrected chi connectivity index (χ0v) is 19.5. The van der Waals surface area contributed by atoms with E-state index >= 15 is 0 Å². The number of likely N-dealkylation sites (N-methyl/N-ethyl adjacent to an activating group) is 1. The highest BCUT2D eigenvalue weighted by Crippen LogP contribution is 2.34. The molecule has 0 amide bonds. The lowest BCUT2D eigenvalue weighted by Crippen LogP contribution is -3.08. The Hall–Kier alpha value is -3.01. The number of rotatable bonds is 4. The summed E-state index contributed by atoms with van der Waals surface area (Å²) in [4.78, 5) is 17.4. The fourth-order valence-electron chi connectivity index (χ4n) is 4.43. The summed E-state index contributed by atoms with van der Waals surface area (Å²) in [7, 11) is 2.18. The molecular formula is C24H21FN5OS2+. The van der Waals surface area contributed by atoms with Crippen LogP contribution in [0.25, 0.3) is 21.7 Å². The molecule has 1 N–H and O–H groups in total.